The van der Waals surface area contributed by atoms with Gasteiger partial charge in [-0.25, -0.2) is 0 Å². The van der Waals surface area contributed by atoms with Crippen LogP contribution >= 0.6 is 0 Å². The SMILES string of the molecule is CC(=O)CCCn1ccc(C)n1. The lowest BCUT2D eigenvalue weighted by Gasteiger charge is -1.98. The lowest BCUT2D eigenvalue weighted by Crippen LogP contribution is -2.01. The van der Waals surface area contributed by atoms with Crippen molar-refractivity contribution < 1.29 is 4.79 Å². The van der Waals surface area contributed by atoms with Gasteiger partial charge in [-0.1, -0.05) is 0 Å². The van der Waals surface area contributed by atoms with Gasteiger partial charge in [0.2, 0.25) is 0 Å². The maximum absolute atomic E-state index is 10.6. The Kier molecular flexibility index (Phi) is 3.02. The van der Waals surface area contributed by atoms with Crippen LogP contribution in [0.4, 0.5) is 0 Å². The molecule has 0 saturated carbocycles. The molecule has 0 amide bonds. The van der Waals surface area contributed by atoms with Gasteiger partial charge in [0.1, 0.15) is 5.78 Å². The van der Waals surface area contributed by atoms with Crippen LogP contribution in [0, 0.1) is 6.92 Å². The number of Topliss-reactive ketones (excluding diaryl/α,β-unsaturated/α-hetero) is 1. The van der Waals surface area contributed by atoms with Gasteiger partial charge in [0.25, 0.3) is 0 Å². The predicted octanol–water partition coefficient (Wildman–Crippen LogP) is 1.56. The average molecular weight is 166 g/mol. The molecule has 1 aromatic heterocycles. The van der Waals surface area contributed by atoms with Gasteiger partial charge in [0.05, 0.1) is 5.69 Å². The Balaban J connectivity index is 2.29. The van der Waals surface area contributed by atoms with Crippen molar-refractivity contribution in [3.63, 3.8) is 0 Å². The summed E-state index contributed by atoms with van der Waals surface area (Å²) in [5.41, 5.74) is 1.03. The Labute approximate surface area is 72.4 Å². The molecule has 0 saturated heterocycles. The molecule has 1 aromatic rings. The van der Waals surface area contributed by atoms with Crippen LogP contribution in [0.3, 0.4) is 0 Å². The van der Waals surface area contributed by atoms with E-state index in [0.717, 1.165) is 18.7 Å². The maximum Gasteiger partial charge on any atom is 0.129 e. The highest BCUT2D eigenvalue weighted by Gasteiger charge is 1.95. The highest BCUT2D eigenvalue weighted by Crippen LogP contribution is 1.97. The number of nitrogens with zero attached hydrogens (tertiary/aromatic N) is 2. The molecule has 3 nitrogen and oxygen atoms in total. The van der Waals surface area contributed by atoms with Crippen molar-refractivity contribution in [3.05, 3.63) is 18.0 Å². The van der Waals surface area contributed by atoms with E-state index in [4.69, 9.17) is 0 Å². The molecule has 3 heteroatoms. The Morgan fingerprint density at radius 2 is 2.42 bits per heavy atom. The molecule has 0 aliphatic carbocycles. The normalized spacial score (nSPS) is 10.2. The van der Waals surface area contributed by atoms with Gasteiger partial charge in [0.15, 0.2) is 0 Å². The molecule has 0 bridgehead atoms. The van der Waals surface area contributed by atoms with Gasteiger partial charge >= 0.3 is 0 Å². The molecule has 0 fully saturated rings. The monoisotopic (exact) mass is 166 g/mol. The molecule has 0 unspecified atom stereocenters. The zero-order valence-electron chi connectivity index (χ0n) is 7.58. The van der Waals surface area contributed by atoms with Crippen LogP contribution in [0.5, 0.6) is 0 Å². The third-order valence-electron chi connectivity index (χ3n) is 1.69. The Hall–Kier alpha value is -1.12. The largest absolute Gasteiger partial charge is 0.300 e. The number of rotatable bonds is 4. The summed E-state index contributed by atoms with van der Waals surface area (Å²) < 4.78 is 1.87. The van der Waals surface area contributed by atoms with Crippen molar-refractivity contribution in [2.24, 2.45) is 0 Å². The second kappa shape index (κ2) is 4.04. The van der Waals surface area contributed by atoms with Crippen LogP contribution in [0.15, 0.2) is 12.3 Å². The second-order valence-electron chi connectivity index (χ2n) is 3.03. The fraction of sp³-hybridized carbons (Fsp3) is 0.556. The summed E-state index contributed by atoms with van der Waals surface area (Å²) in [5, 5.41) is 4.21. The predicted molar refractivity (Wildman–Crippen MR) is 46.9 cm³/mol. The first-order chi connectivity index (χ1) is 5.68. The minimum Gasteiger partial charge on any atom is -0.300 e. The summed E-state index contributed by atoms with van der Waals surface area (Å²) in [6.07, 6.45) is 3.48. The van der Waals surface area contributed by atoms with Crippen molar-refractivity contribution in [2.75, 3.05) is 0 Å². The van der Waals surface area contributed by atoms with Gasteiger partial charge in [-0.2, -0.15) is 5.10 Å². The van der Waals surface area contributed by atoms with E-state index in [-0.39, 0.29) is 5.78 Å². The number of carbonyl (C=O) groups is 1. The number of carbonyl (C=O) groups excluding carboxylic acids is 1. The molecule has 0 radical (unpaired) electrons. The van der Waals surface area contributed by atoms with Crippen LogP contribution in [0.1, 0.15) is 25.5 Å². The van der Waals surface area contributed by atoms with E-state index in [2.05, 4.69) is 5.10 Å². The average Bonchev–Trinajstić information content (AvgIpc) is 2.35. The lowest BCUT2D eigenvalue weighted by molar-refractivity contribution is -0.117. The topological polar surface area (TPSA) is 34.9 Å². The van der Waals surface area contributed by atoms with Crippen LogP contribution in [0.25, 0.3) is 0 Å². The zero-order valence-corrected chi connectivity index (χ0v) is 7.58. The number of ketones is 1. The number of hydrogen-bond donors (Lipinski definition) is 0. The summed E-state index contributed by atoms with van der Waals surface area (Å²) in [4.78, 5) is 10.6. The van der Waals surface area contributed by atoms with Crippen LogP contribution in [-0.2, 0) is 11.3 Å². The van der Waals surface area contributed by atoms with Crippen molar-refractivity contribution in [1.29, 1.82) is 0 Å². The van der Waals surface area contributed by atoms with Crippen molar-refractivity contribution >= 4 is 5.78 Å². The molecule has 0 aliphatic rings. The minimum atomic E-state index is 0.249. The van der Waals surface area contributed by atoms with E-state index in [1.807, 2.05) is 23.9 Å². The molecule has 0 aliphatic heterocycles. The highest BCUT2D eigenvalue weighted by atomic mass is 16.1. The molecule has 0 N–H and O–H groups in total. The van der Waals surface area contributed by atoms with Crippen molar-refractivity contribution in [2.45, 2.75) is 33.2 Å². The number of aryl methyl sites for hydroxylation is 2. The molecule has 66 valence electrons. The molecule has 1 heterocycles. The number of hydrogen-bond acceptors (Lipinski definition) is 2. The smallest absolute Gasteiger partial charge is 0.129 e. The fourth-order valence-electron chi connectivity index (χ4n) is 1.08. The first-order valence-electron chi connectivity index (χ1n) is 4.18. The first-order valence-corrected chi connectivity index (χ1v) is 4.18. The summed E-state index contributed by atoms with van der Waals surface area (Å²) in [7, 11) is 0. The Morgan fingerprint density at radius 1 is 1.67 bits per heavy atom. The molecule has 0 atom stereocenters. The van der Waals surface area contributed by atoms with Crippen molar-refractivity contribution in [1.82, 2.24) is 9.78 Å². The highest BCUT2D eigenvalue weighted by molar-refractivity contribution is 5.75. The molecule has 0 spiro atoms. The van der Waals surface area contributed by atoms with Crippen LogP contribution < -0.4 is 0 Å². The van der Waals surface area contributed by atoms with Gasteiger partial charge in [0, 0.05) is 19.2 Å². The first kappa shape index (κ1) is 8.97. The molecule has 0 aromatic carbocycles. The summed E-state index contributed by atoms with van der Waals surface area (Å²) in [6.45, 7) is 4.42. The van der Waals surface area contributed by atoms with Crippen LogP contribution in [0.2, 0.25) is 0 Å². The Morgan fingerprint density at radius 3 is 2.92 bits per heavy atom. The fourth-order valence-corrected chi connectivity index (χ4v) is 1.08. The van der Waals surface area contributed by atoms with E-state index < -0.39 is 0 Å². The third kappa shape index (κ3) is 2.86. The van der Waals surface area contributed by atoms with Gasteiger partial charge < -0.3 is 4.79 Å². The molecular weight excluding hydrogens is 152 g/mol. The van der Waals surface area contributed by atoms with E-state index in [9.17, 15) is 4.79 Å². The summed E-state index contributed by atoms with van der Waals surface area (Å²) in [6, 6.07) is 1.97. The quantitative estimate of drug-likeness (QED) is 0.680. The van der Waals surface area contributed by atoms with E-state index in [1.165, 1.54) is 0 Å². The van der Waals surface area contributed by atoms with E-state index in [1.54, 1.807) is 6.92 Å². The second-order valence-corrected chi connectivity index (χ2v) is 3.03. The summed E-state index contributed by atoms with van der Waals surface area (Å²) in [5.74, 6) is 0.249. The summed E-state index contributed by atoms with van der Waals surface area (Å²) >= 11 is 0. The van der Waals surface area contributed by atoms with E-state index >= 15 is 0 Å². The van der Waals surface area contributed by atoms with Gasteiger partial charge in [-0.3, -0.25) is 4.68 Å². The Bertz CT molecular complexity index is 265. The van der Waals surface area contributed by atoms with Gasteiger partial charge in [-0.15, -0.1) is 0 Å². The molecular formula is C9H14N2O. The zero-order chi connectivity index (χ0) is 8.97. The maximum atomic E-state index is 10.6. The van der Waals surface area contributed by atoms with Crippen molar-refractivity contribution in [3.8, 4) is 0 Å². The molecule has 12 heavy (non-hydrogen) atoms. The number of aromatic nitrogens is 2. The standard InChI is InChI=1S/C9H14N2O/c1-8-5-7-11(10-8)6-3-4-9(2)12/h5,7H,3-4,6H2,1-2H3. The van der Waals surface area contributed by atoms with Crippen LogP contribution in [-0.4, -0.2) is 15.6 Å². The van der Waals surface area contributed by atoms with E-state index in [0.29, 0.717) is 6.42 Å². The molecule has 1 rings (SSSR count). The third-order valence-corrected chi connectivity index (χ3v) is 1.69. The van der Waals surface area contributed by atoms with Gasteiger partial charge in [-0.05, 0) is 26.3 Å². The lowest BCUT2D eigenvalue weighted by atomic mass is 10.2. The minimum absolute atomic E-state index is 0.249.